The molecule has 0 bridgehead atoms. The van der Waals surface area contributed by atoms with Crippen molar-refractivity contribution in [3.05, 3.63) is 64.4 Å². The Morgan fingerprint density at radius 3 is 3.00 bits per heavy atom. The molecular formula is C22H24ClFN4O2. The van der Waals surface area contributed by atoms with Gasteiger partial charge in [0, 0.05) is 37.5 Å². The number of benzene rings is 2. The first-order valence-corrected chi connectivity index (χ1v) is 10.3. The van der Waals surface area contributed by atoms with Crippen molar-refractivity contribution in [1.82, 2.24) is 10.2 Å². The van der Waals surface area contributed by atoms with E-state index in [0.717, 1.165) is 17.1 Å². The molecule has 2 N–H and O–H groups in total. The summed E-state index contributed by atoms with van der Waals surface area (Å²) < 4.78 is 19.4. The van der Waals surface area contributed by atoms with E-state index in [9.17, 15) is 9.18 Å². The third-order valence-corrected chi connectivity index (χ3v) is 5.86. The highest BCUT2D eigenvalue weighted by Crippen LogP contribution is 2.31. The number of rotatable bonds is 4. The summed E-state index contributed by atoms with van der Waals surface area (Å²) >= 11 is 5.99. The van der Waals surface area contributed by atoms with Gasteiger partial charge in [-0.25, -0.2) is 4.39 Å². The second kappa shape index (κ2) is 8.71. The number of amides is 1. The van der Waals surface area contributed by atoms with E-state index in [1.807, 2.05) is 18.2 Å². The Hall–Kier alpha value is -2.48. The molecule has 2 heterocycles. The van der Waals surface area contributed by atoms with Gasteiger partial charge >= 0.3 is 0 Å². The topological polar surface area (TPSA) is 66.0 Å². The van der Waals surface area contributed by atoms with Gasteiger partial charge in [0.1, 0.15) is 11.7 Å². The smallest absolute Gasteiger partial charge is 0.256 e. The van der Waals surface area contributed by atoms with Crippen molar-refractivity contribution in [3.63, 3.8) is 0 Å². The molecule has 2 aromatic rings. The molecule has 0 unspecified atom stereocenters. The number of carbonyl (C=O) groups is 1. The number of nitrogens with one attached hydrogen (secondary N) is 2. The summed E-state index contributed by atoms with van der Waals surface area (Å²) in [6.45, 7) is 2.50. The summed E-state index contributed by atoms with van der Waals surface area (Å²) in [5, 5.41) is 7.41. The van der Waals surface area contributed by atoms with Crippen LogP contribution in [0.15, 0.2) is 47.5 Å². The lowest BCUT2D eigenvalue weighted by Crippen LogP contribution is -2.55. The number of carbonyl (C=O) groups excluding carboxylic acids is 1. The molecule has 1 spiro atoms. The highest BCUT2D eigenvalue weighted by atomic mass is 35.5. The molecule has 6 nitrogen and oxygen atoms in total. The van der Waals surface area contributed by atoms with Crippen LogP contribution in [-0.4, -0.2) is 55.5 Å². The summed E-state index contributed by atoms with van der Waals surface area (Å²) in [4.78, 5) is 19.4. The number of nitrogens with zero attached hydrogens (tertiary/aromatic N) is 2. The van der Waals surface area contributed by atoms with Crippen LogP contribution in [0.5, 0.6) is 0 Å². The largest absolute Gasteiger partial charge is 0.383 e. The molecule has 1 amide bonds. The molecule has 1 atom stereocenters. The predicted molar refractivity (Wildman–Crippen MR) is 116 cm³/mol. The van der Waals surface area contributed by atoms with Gasteiger partial charge in [-0.3, -0.25) is 15.1 Å². The number of hydrogen-bond donors (Lipinski definition) is 2. The van der Waals surface area contributed by atoms with Crippen molar-refractivity contribution in [1.29, 1.82) is 0 Å². The molecule has 2 aliphatic rings. The average molecular weight is 431 g/mol. The van der Waals surface area contributed by atoms with Crippen molar-refractivity contribution in [2.45, 2.75) is 18.5 Å². The molecule has 8 heteroatoms. The second-order valence-corrected chi connectivity index (χ2v) is 7.98. The van der Waals surface area contributed by atoms with Crippen molar-refractivity contribution in [2.24, 2.45) is 4.99 Å². The number of fused-ring (bicyclic) bond motifs is 1. The van der Waals surface area contributed by atoms with Crippen molar-refractivity contribution in [2.75, 3.05) is 38.7 Å². The van der Waals surface area contributed by atoms with Crippen LogP contribution in [0.2, 0.25) is 5.02 Å². The fraction of sp³-hybridized carbons (Fsp3) is 0.364. The SMILES string of the molecule is COCCN=C1Nc2ccccc2CN[C@@]12CCN(C(=O)c1cc(Cl)ccc1F)C2. The maximum absolute atomic E-state index is 14.3. The van der Waals surface area contributed by atoms with Crippen LogP contribution in [0.1, 0.15) is 22.3 Å². The van der Waals surface area contributed by atoms with E-state index in [4.69, 9.17) is 21.3 Å². The predicted octanol–water partition coefficient (Wildman–Crippen LogP) is 3.32. The Labute approximate surface area is 180 Å². The molecule has 1 saturated heterocycles. The molecule has 0 aliphatic carbocycles. The minimum Gasteiger partial charge on any atom is -0.383 e. The standard InChI is InChI=1S/C22H24ClFN4O2/c1-30-11-9-25-21-22(26-13-15-4-2-3-5-19(15)27-21)8-10-28(14-22)20(29)17-12-16(23)6-7-18(17)24/h2-7,12,26H,8-11,13-14H2,1H3,(H,25,27)/t22-/m1/s1. The molecule has 0 aromatic heterocycles. The first kappa shape index (κ1) is 20.8. The van der Waals surface area contributed by atoms with Gasteiger partial charge in [0.2, 0.25) is 0 Å². The van der Waals surface area contributed by atoms with Gasteiger partial charge in [0.05, 0.1) is 24.3 Å². The van der Waals surface area contributed by atoms with Crippen LogP contribution < -0.4 is 10.6 Å². The van der Waals surface area contributed by atoms with Gasteiger partial charge in [-0.05, 0) is 36.2 Å². The van der Waals surface area contributed by atoms with Crippen molar-refractivity contribution in [3.8, 4) is 0 Å². The first-order chi connectivity index (χ1) is 14.5. The van der Waals surface area contributed by atoms with Gasteiger partial charge in [-0.1, -0.05) is 29.8 Å². The highest BCUT2D eigenvalue weighted by molar-refractivity contribution is 6.31. The molecule has 2 aliphatic heterocycles. The zero-order chi connectivity index (χ0) is 21.1. The molecule has 1 fully saturated rings. The Morgan fingerprint density at radius 2 is 2.17 bits per heavy atom. The van der Waals surface area contributed by atoms with E-state index in [0.29, 0.717) is 44.2 Å². The summed E-state index contributed by atoms with van der Waals surface area (Å²) in [5.41, 5.74) is 1.56. The Morgan fingerprint density at radius 1 is 1.33 bits per heavy atom. The lowest BCUT2D eigenvalue weighted by Gasteiger charge is -2.30. The number of methoxy groups -OCH3 is 1. The highest BCUT2D eigenvalue weighted by Gasteiger charge is 2.45. The third kappa shape index (κ3) is 4.05. The Bertz CT molecular complexity index is 983. The maximum atomic E-state index is 14.3. The quantitative estimate of drug-likeness (QED) is 0.730. The maximum Gasteiger partial charge on any atom is 0.256 e. The number of hydrogen-bond acceptors (Lipinski definition) is 4. The minimum absolute atomic E-state index is 0.0118. The average Bonchev–Trinajstić information content (AvgIpc) is 3.12. The van der Waals surface area contributed by atoms with Gasteiger partial charge in [-0.15, -0.1) is 0 Å². The molecular weight excluding hydrogens is 407 g/mol. The van der Waals surface area contributed by atoms with Gasteiger partial charge < -0.3 is 15.0 Å². The summed E-state index contributed by atoms with van der Waals surface area (Å²) in [6.07, 6.45) is 0.660. The van der Waals surface area contributed by atoms with Gasteiger partial charge in [0.15, 0.2) is 0 Å². The number of amidine groups is 1. The summed E-state index contributed by atoms with van der Waals surface area (Å²) in [7, 11) is 1.64. The summed E-state index contributed by atoms with van der Waals surface area (Å²) in [6, 6.07) is 12.1. The number of halogens is 2. The van der Waals surface area contributed by atoms with E-state index in [1.54, 1.807) is 12.0 Å². The summed E-state index contributed by atoms with van der Waals surface area (Å²) in [5.74, 6) is -0.170. The normalized spacial score (nSPS) is 22.1. The van der Waals surface area contributed by atoms with Crippen LogP contribution in [0.25, 0.3) is 0 Å². The van der Waals surface area contributed by atoms with E-state index >= 15 is 0 Å². The molecule has 4 rings (SSSR count). The van der Waals surface area contributed by atoms with Crippen LogP contribution in [-0.2, 0) is 11.3 Å². The number of ether oxygens (including phenoxy) is 1. The molecule has 2 aromatic carbocycles. The van der Waals surface area contributed by atoms with Crippen LogP contribution in [0.4, 0.5) is 10.1 Å². The first-order valence-electron chi connectivity index (χ1n) is 9.90. The van der Waals surface area contributed by atoms with E-state index in [2.05, 4.69) is 16.7 Å². The van der Waals surface area contributed by atoms with E-state index in [-0.39, 0.29) is 11.5 Å². The Balaban J connectivity index is 1.62. The Kier molecular flexibility index (Phi) is 6.04. The fourth-order valence-corrected chi connectivity index (χ4v) is 4.16. The number of para-hydroxylation sites is 1. The number of aliphatic imine (C=N–C) groups is 1. The fourth-order valence-electron chi connectivity index (χ4n) is 3.98. The second-order valence-electron chi connectivity index (χ2n) is 7.54. The molecule has 0 saturated carbocycles. The van der Waals surface area contributed by atoms with Crippen LogP contribution in [0, 0.1) is 5.82 Å². The molecule has 30 heavy (non-hydrogen) atoms. The number of likely N-dealkylation sites (tertiary alicyclic amines) is 1. The van der Waals surface area contributed by atoms with E-state index < -0.39 is 11.4 Å². The third-order valence-electron chi connectivity index (χ3n) is 5.62. The lowest BCUT2D eigenvalue weighted by molar-refractivity contribution is 0.0781. The van der Waals surface area contributed by atoms with Crippen molar-refractivity contribution >= 4 is 29.0 Å². The van der Waals surface area contributed by atoms with Crippen LogP contribution >= 0.6 is 11.6 Å². The van der Waals surface area contributed by atoms with Crippen molar-refractivity contribution < 1.29 is 13.9 Å². The lowest BCUT2D eigenvalue weighted by atomic mass is 9.96. The number of anilines is 1. The van der Waals surface area contributed by atoms with Gasteiger partial charge in [-0.2, -0.15) is 0 Å². The monoisotopic (exact) mass is 430 g/mol. The molecule has 0 radical (unpaired) electrons. The molecule has 158 valence electrons. The van der Waals surface area contributed by atoms with Crippen LogP contribution in [0.3, 0.4) is 0 Å². The van der Waals surface area contributed by atoms with Gasteiger partial charge in [0.25, 0.3) is 5.91 Å². The zero-order valence-electron chi connectivity index (χ0n) is 16.8. The zero-order valence-corrected chi connectivity index (χ0v) is 17.5. The van der Waals surface area contributed by atoms with E-state index in [1.165, 1.54) is 18.2 Å². The minimum atomic E-state index is -0.571.